The molecule has 4 N–H and O–H groups in total. The van der Waals surface area contributed by atoms with E-state index in [1.54, 1.807) is 0 Å². The molecule has 0 atom stereocenters. The summed E-state index contributed by atoms with van der Waals surface area (Å²) in [6, 6.07) is 9.56. The summed E-state index contributed by atoms with van der Waals surface area (Å²) in [7, 11) is 2.30. The van der Waals surface area contributed by atoms with Crippen molar-refractivity contribution in [3.63, 3.8) is 0 Å². The van der Waals surface area contributed by atoms with Gasteiger partial charge in [-0.2, -0.15) is 0 Å². The van der Waals surface area contributed by atoms with Crippen LogP contribution < -0.4 is 16.4 Å². The third kappa shape index (κ3) is 4.95. The molecule has 10 nitrogen and oxygen atoms in total. The molecule has 0 aromatic heterocycles. The van der Waals surface area contributed by atoms with Gasteiger partial charge in [0.15, 0.2) is 0 Å². The fourth-order valence-electron chi connectivity index (χ4n) is 2.35. The molecule has 29 heavy (non-hydrogen) atoms. The van der Waals surface area contributed by atoms with E-state index in [1.807, 2.05) is 0 Å². The fourth-order valence-corrected chi connectivity index (χ4v) is 2.35. The molecule has 0 heterocycles. The maximum atomic E-state index is 12.3. The van der Waals surface area contributed by atoms with E-state index < -0.39 is 29.7 Å². The number of hydrogen-bond donors (Lipinski definition) is 3. The number of primary amides is 1. The third-order valence-electron chi connectivity index (χ3n) is 3.74. The maximum Gasteiger partial charge on any atom is 0.339 e. The highest BCUT2D eigenvalue weighted by Crippen LogP contribution is 2.20. The van der Waals surface area contributed by atoms with Crippen LogP contribution in [0.2, 0.25) is 0 Å². The highest BCUT2D eigenvalue weighted by Gasteiger charge is 2.21. The Morgan fingerprint density at radius 2 is 1.34 bits per heavy atom. The van der Waals surface area contributed by atoms with Crippen LogP contribution in [0.1, 0.15) is 31.1 Å². The molecule has 0 unspecified atom stereocenters. The van der Waals surface area contributed by atoms with Crippen LogP contribution >= 0.6 is 0 Å². The van der Waals surface area contributed by atoms with E-state index in [0.717, 1.165) is 7.11 Å². The zero-order valence-electron chi connectivity index (χ0n) is 15.5. The monoisotopic (exact) mass is 399 g/mol. The summed E-state index contributed by atoms with van der Waals surface area (Å²) in [6.07, 6.45) is 0. The number of carbonyl (C=O) groups is 5. The predicted molar refractivity (Wildman–Crippen MR) is 101 cm³/mol. The molecule has 2 aromatic rings. The average molecular weight is 399 g/mol. The second kappa shape index (κ2) is 9.13. The molecular weight excluding hydrogens is 382 g/mol. The smallest absolute Gasteiger partial charge is 0.339 e. The molecule has 0 bridgehead atoms. The number of rotatable bonds is 5. The summed E-state index contributed by atoms with van der Waals surface area (Å²) < 4.78 is 9.22. The van der Waals surface area contributed by atoms with Crippen LogP contribution in [0.15, 0.2) is 42.5 Å². The van der Waals surface area contributed by atoms with Crippen LogP contribution in [-0.2, 0) is 19.1 Å². The lowest BCUT2D eigenvalue weighted by atomic mass is 10.1. The Labute approximate surface area is 165 Å². The first-order valence-electron chi connectivity index (χ1n) is 8.10. The lowest BCUT2D eigenvalue weighted by Crippen LogP contribution is -2.31. The number of ether oxygens (including phenoxy) is 2. The van der Waals surface area contributed by atoms with Gasteiger partial charge in [-0.05, 0) is 30.3 Å². The van der Waals surface area contributed by atoms with Crippen molar-refractivity contribution in [2.24, 2.45) is 5.73 Å². The summed E-state index contributed by atoms with van der Waals surface area (Å²) >= 11 is 0. The summed E-state index contributed by atoms with van der Waals surface area (Å²) in [5.74, 6) is -4.58. The topological polar surface area (TPSA) is 154 Å². The first-order valence-corrected chi connectivity index (χ1v) is 8.10. The Morgan fingerprint density at radius 1 is 0.759 bits per heavy atom. The van der Waals surface area contributed by atoms with Gasteiger partial charge in [0.05, 0.1) is 42.3 Å². The number of benzene rings is 2. The second-order valence-electron chi connectivity index (χ2n) is 5.56. The predicted octanol–water partition coefficient (Wildman–Crippen LogP) is 0.936. The number of methoxy groups -OCH3 is 2. The number of esters is 2. The van der Waals surface area contributed by atoms with Gasteiger partial charge in [-0.3, -0.25) is 14.4 Å². The Bertz CT molecular complexity index is 1000. The van der Waals surface area contributed by atoms with E-state index in [2.05, 4.69) is 20.1 Å². The van der Waals surface area contributed by atoms with E-state index in [9.17, 15) is 24.0 Å². The number of anilines is 2. The molecule has 0 fully saturated rings. The summed E-state index contributed by atoms with van der Waals surface area (Å²) in [6.45, 7) is 0. The van der Waals surface area contributed by atoms with Gasteiger partial charge in [-0.1, -0.05) is 12.1 Å². The van der Waals surface area contributed by atoms with Gasteiger partial charge in [0, 0.05) is 0 Å². The first-order chi connectivity index (χ1) is 13.8. The minimum Gasteiger partial charge on any atom is -0.465 e. The van der Waals surface area contributed by atoms with Gasteiger partial charge < -0.3 is 25.8 Å². The highest BCUT2D eigenvalue weighted by atomic mass is 16.5. The van der Waals surface area contributed by atoms with Crippen LogP contribution in [0, 0.1) is 0 Å². The Hall–Kier alpha value is -4.21. The Balaban J connectivity index is 2.29. The van der Waals surface area contributed by atoms with Crippen molar-refractivity contribution in [3.8, 4) is 0 Å². The summed E-state index contributed by atoms with van der Waals surface area (Å²) in [5.41, 5.74) is 5.10. The van der Waals surface area contributed by atoms with Gasteiger partial charge >= 0.3 is 23.8 Å². The molecule has 2 aromatic carbocycles. The summed E-state index contributed by atoms with van der Waals surface area (Å²) in [4.78, 5) is 59.6. The van der Waals surface area contributed by atoms with Crippen LogP contribution in [0.3, 0.4) is 0 Å². The average Bonchev–Trinajstić information content (AvgIpc) is 2.72. The molecule has 0 spiro atoms. The van der Waals surface area contributed by atoms with E-state index in [4.69, 9.17) is 5.73 Å². The SMILES string of the molecule is COC(=O)c1ccc(C(=O)OC)c(NC(=O)C(=O)Nc2ccccc2C(N)=O)c1. The van der Waals surface area contributed by atoms with E-state index in [0.29, 0.717) is 0 Å². The van der Waals surface area contributed by atoms with Crippen molar-refractivity contribution < 1.29 is 33.4 Å². The largest absolute Gasteiger partial charge is 0.465 e. The molecule has 3 amide bonds. The lowest BCUT2D eigenvalue weighted by molar-refractivity contribution is -0.133. The number of amides is 3. The first kappa shape index (κ1) is 21.1. The number of carbonyl (C=O) groups excluding carboxylic acids is 5. The van der Waals surface area contributed by atoms with Crippen molar-refractivity contribution >= 4 is 41.0 Å². The van der Waals surface area contributed by atoms with Gasteiger partial charge in [0.25, 0.3) is 5.91 Å². The Morgan fingerprint density at radius 3 is 1.93 bits per heavy atom. The maximum absolute atomic E-state index is 12.3. The molecule has 150 valence electrons. The zero-order valence-corrected chi connectivity index (χ0v) is 15.5. The molecule has 0 aliphatic heterocycles. The molecule has 2 rings (SSSR count). The normalized spacial score (nSPS) is 9.86. The Kier molecular flexibility index (Phi) is 6.64. The molecule has 0 aliphatic rings. The van der Waals surface area contributed by atoms with Crippen LogP contribution in [0.4, 0.5) is 11.4 Å². The number of para-hydroxylation sites is 1. The molecular formula is C19H17N3O7. The standard InChI is InChI=1S/C19H17N3O7/c1-28-18(26)10-7-8-12(19(27)29-2)14(9-10)22-17(25)16(24)21-13-6-4-3-5-11(13)15(20)23/h3-9H,1-2H3,(H2,20,23)(H,21,24)(H,22,25). The highest BCUT2D eigenvalue weighted by molar-refractivity contribution is 6.44. The van der Waals surface area contributed by atoms with Gasteiger partial charge in [-0.15, -0.1) is 0 Å². The van der Waals surface area contributed by atoms with E-state index in [1.165, 1.54) is 49.6 Å². The summed E-state index contributed by atoms with van der Waals surface area (Å²) in [5, 5.41) is 4.50. The van der Waals surface area contributed by atoms with Crippen molar-refractivity contribution in [2.45, 2.75) is 0 Å². The van der Waals surface area contributed by atoms with Crippen molar-refractivity contribution in [3.05, 3.63) is 59.2 Å². The van der Waals surface area contributed by atoms with Crippen LogP contribution in [-0.4, -0.2) is 43.9 Å². The van der Waals surface area contributed by atoms with Crippen molar-refractivity contribution in [1.82, 2.24) is 0 Å². The molecule has 0 saturated heterocycles. The minimum absolute atomic E-state index is 0.0107. The van der Waals surface area contributed by atoms with Gasteiger partial charge in [-0.25, -0.2) is 9.59 Å². The van der Waals surface area contributed by atoms with Crippen molar-refractivity contribution in [2.75, 3.05) is 24.9 Å². The minimum atomic E-state index is -1.16. The van der Waals surface area contributed by atoms with E-state index >= 15 is 0 Å². The fraction of sp³-hybridized carbons (Fsp3) is 0.105. The lowest BCUT2D eigenvalue weighted by Gasteiger charge is -2.12. The number of nitrogens with two attached hydrogens (primary N) is 1. The van der Waals surface area contributed by atoms with Crippen molar-refractivity contribution in [1.29, 1.82) is 0 Å². The molecule has 10 heteroatoms. The van der Waals surface area contributed by atoms with E-state index in [-0.39, 0.29) is 28.1 Å². The number of hydrogen-bond acceptors (Lipinski definition) is 7. The van der Waals surface area contributed by atoms with Crippen LogP contribution in [0.5, 0.6) is 0 Å². The third-order valence-corrected chi connectivity index (χ3v) is 3.74. The quantitative estimate of drug-likeness (QED) is 0.499. The molecule has 0 radical (unpaired) electrons. The van der Waals surface area contributed by atoms with Gasteiger partial charge in [0.1, 0.15) is 0 Å². The van der Waals surface area contributed by atoms with Crippen LogP contribution in [0.25, 0.3) is 0 Å². The zero-order chi connectivity index (χ0) is 21.6. The number of nitrogens with one attached hydrogen (secondary N) is 2. The molecule has 0 aliphatic carbocycles. The molecule has 0 saturated carbocycles. The van der Waals surface area contributed by atoms with Gasteiger partial charge in [0.2, 0.25) is 0 Å². The second-order valence-corrected chi connectivity index (χ2v) is 5.56.